The third-order valence-corrected chi connectivity index (χ3v) is 4.43. The van der Waals surface area contributed by atoms with Crippen molar-refractivity contribution in [2.24, 2.45) is 5.92 Å². The van der Waals surface area contributed by atoms with E-state index in [1.165, 1.54) is 30.6 Å². The van der Waals surface area contributed by atoms with Crippen LogP contribution in [-0.4, -0.2) is 37.2 Å². The molecule has 0 amide bonds. The first-order valence-corrected chi connectivity index (χ1v) is 7.74. The molecule has 1 fully saturated rings. The maximum absolute atomic E-state index is 6.17. The van der Waals surface area contributed by atoms with Gasteiger partial charge in [0.05, 0.1) is 0 Å². The Balaban J connectivity index is 1.70. The number of benzene rings is 1. The SMILES string of the molecule is CNCC1CCN(Cc2cccc3c2OC(C)(C)C3)C1. The van der Waals surface area contributed by atoms with Gasteiger partial charge in [-0.25, -0.2) is 0 Å². The van der Waals surface area contributed by atoms with Crippen molar-refractivity contribution >= 4 is 0 Å². The van der Waals surface area contributed by atoms with Crippen molar-refractivity contribution in [3.05, 3.63) is 29.3 Å². The van der Waals surface area contributed by atoms with E-state index in [2.05, 4.69) is 42.3 Å². The van der Waals surface area contributed by atoms with Crippen LogP contribution in [0.2, 0.25) is 0 Å². The topological polar surface area (TPSA) is 24.5 Å². The summed E-state index contributed by atoms with van der Waals surface area (Å²) in [6.07, 6.45) is 2.33. The Morgan fingerprint density at radius 2 is 2.25 bits per heavy atom. The maximum atomic E-state index is 6.17. The Hall–Kier alpha value is -1.06. The van der Waals surface area contributed by atoms with Gasteiger partial charge in [-0.05, 0) is 51.9 Å². The number of nitrogens with one attached hydrogen (secondary N) is 1. The van der Waals surface area contributed by atoms with Crippen LogP contribution >= 0.6 is 0 Å². The minimum atomic E-state index is -0.0435. The zero-order valence-corrected chi connectivity index (χ0v) is 12.9. The molecule has 0 spiro atoms. The quantitative estimate of drug-likeness (QED) is 0.912. The molecule has 2 heterocycles. The Labute approximate surface area is 122 Å². The zero-order chi connectivity index (χ0) is 14.2. The monoisotopic (exact) mass is 274 g/mol. The van der Waals surface area contributed by atoms with Crippen molar-refractivity contribution in [1.82, 2.24) is 10.2 Å². The molecule has 3 nitrogen and oxygen atoms in total. The Kier molecular flexibility index (Phi) is 3.74. The lowest BCUT2D eigenvalue weighted by Gasteiger charge is -2.20. The summed E-state index contributed by atoms with van der Waals surface area (Å²) in [5, 5.41) is 3.30. The number of likely N-dealkylation sites (tertiary alicyclic amines) is 1. The van der Waals surface area contributed by atoms with Crippen LogP contribution in [0.4, 0.5) is 0 Å². The second-order valence-corrected chi connectivity index (χ2v) is 6.89. The molecule has 3 rings (SSSR count). The summed E-state index contributed by atoms with van der Waals surface area (Å²) < 4.78 is 6.17. The van der Waals surface area contributed by atoms with Crippen LogP contribution in [0.1, 0.15) is 31.4 Å². The number of hydrogen-bond donors (Lipinski definition) is 1. The van der Waals surface area contributed by atoms with E-state index in [-0.39, 0.29) is 5.60 Å². The summed E-state index contributed by atoms with van der Waals surface area (Å²) in [4.78, 5) is 2.56. The molecule has 2 aliphatic heterocycles. The third-order valence-electron chi connectivity index (χ3n) is 4.43. The normalized spacial score (nSPS) is 24.6. The highest BCUT2D eigenvalue weighted by atomic mass is 16.5. The number of hydrogen-bond acceptors (Lipinski definition) is 3. The van der Waals surface area contributed by atoms with E-state index >= 15 is 0 Å². The van der Waals surface area contributed by atoms with Gasteiger partial charge in [-0.2, -0.15) is 0 Å². The van der Waals surface area contributed by atoms with Gasteiger partial charge in [0.2, 0.25) is 0 Å². The molecule has 0 bridgehead atoms. The highest BCUT2D eigenvalue weighted by Gasteiger charge is 2.32. The first-order valence-electron chi connectivity index (χ1n) is 7.74. The van der Waals surface area contributed by atoms with E-state index in [0.29, 0.717) is 0 Å². The molecule has 0 aliphatic carbocycles. The van der Waals surface area contributed by atoms with Crippen LogP contribution in [0.15, 0.2) is 18.2 Å². The fourth-order valence-electron chi connectivity index (χ4n) is 3.56. The lowest BCUT2D eigenvalue weighted by atomic mass is 10.0. The zero-order valence-electron chi connectivity index (χ0n) is 12.9. The highest BCUT2D eigenvalue weighted by molar-refractivity contribution is 5.45. The number of para-hydroxylation sites is 1. The lowest BCUT2D eigenvalue weighted by Crippen LogP contribution is -2.26. The molecule has 1 unspecified atom stereocenters. The van der Waals surface area contributed by atoms with Gasteiger partial charge < -0.3 is 10.1 Å². The molecule has 2 aliphatic rings. The predicted octanol–water partition coefficient (Wildman–Crippen LogP) is 2.44. The molecule has 1 aromatic rings. The number of rotatable bonds is 4. The number of ether oxygens (including phenoxy) is 1. The predicted molar refractivity (Wildman–Crippen MR) is 82.2 cm³/mol. The molecular formula is C17H26N2O. The fourth-order valence-corrected chi connectivity index (χ4v) is 3.56. The number of fused-ring (bicyclic) bond motifs is 1. The molecule has 20 heavy (non-hydrogen) atoms. The minimum absolute atomic E-state index is 0.0435. The van der Waals surface area contributed by atoms with Gasteiger partial charge >= 0.3 is 0 Å². The summed E-state index contributed by atoms with van der Waals surface area (Å²) in [6.45, 7) is 8.92. The molecule has 1 atom stereocenters. The second kappa shape index (κ2) is 5.38. The average Bonchev–Trinajstić information content (AvgIpc) is 2.93. The molecule has 110 valence electrons. The molecule has 0 aromatic heterocycles. The number of nitrogens with zero attached hydrogens (tertiary/aromatic N) is 1. The van der Waals surface area contributed by atoms with Crippen LogP contribution in [0.25, 0.3) is 0 Å². The molecular weight excluding hydrogens is 248 g/mol. The second-order valence-electron chi connectivity index (χ2n) is 6.89. The van der Waals surface area contributed by atoms with E-state index in [0.717, 1.165) is 31.2 Å². The molecule has 3 heteroatoms. The van der Waals surface area contributed by atoms with Gasteiger partial charge in [0, 0.05) is 25.1 Å². The first kappa shape index (κ1) is 13.9. The van der Waals surface area contributed by atoms with Crippen molar-refractivity contribution in [3.8, 4) is 5.75 Å². The van der Waals surface area contributed by atoms with Crippen LogP contribution in [0.5, 0.6) is 5.75 Å². The van der Waals surface area contributed by atoms with Gasteiger partial charge in [0.25, 0.3) is 0 Å². The van der Waals surface area contributed by atoms with Gasteiger partial charge in [0.1, 0.15) is 11.4 Å². The largest absolute Gasteiger partial charge is 0.487 e. The van der Waals surface area contributed by atoms with Crippen LogP contribution in [-0.2, 0) is 13.0 Å². The highest BCUT2D eigenvalue weighted by Crippen LogP contribution is 2.38. The standard InChI is InChI=1S/C17H26N2O/c1-17(2)9-14-5-4-6-15(16(14)20-17)12-19-8-7-13(11-19)10-18-3/h4-6,13,18H,7-12H2,1-3H3. The van der Waals surface area contributed by atoms with Gasteiger partial charge in [-0.15, -0.1) is 0 Å². The summed E-state index contributed by atoms with van der Waals surface area (Å²) in [5.41, 5.74) is 2.69. The summed E-state index contributed by atoms with van der Waals surface area (Å²) in [7, 11) is 2.04. The van der Waals surface area contributed by atoms with Crippen LogP contribution in [0.3, 0.4) is 0 Å². The first-order chi connectivity index (χ1) is 9.57. The van der Waals surface area contributed by atoms with Gasteiger partial charge in [-0.1, -0.05) is 18.2 Å². The molecule has 1 aromatic carbocycles. The van der Waals surface area contributed by atoms with E-state index in [4.69, 9.17) is 4.74 Å². The smallest absolute Gasteiger partial charge is 0.127 e. The van der Waals surface area contributed by atoms with E-state index in [1.807, 2.05) is 7.05 Å². The van der Waals surface area contributed by atoms with Crippen molar-refractivity contribution < 1.29 is 4.74 Å². The van der Waals surface area contributed by atoms with Crippen LogP contribution < -0.4 is 10.1 Å². The van der Waals surface area contributed by atoms with E-state index < -0.39 is 0 Å². The van der Waals surface area contributed by atoms with Crippen molar-refractivity contribution in [2.75, 3.05) is 26.7 Å². The summed E-state index contributed by atoms with van der Waals surface area (Å²) >= 11 is 0. The average molecular weight is 274 g/mol. The molecule has 1 saturated heterocycles. The maximum Gasteiger partial charge on any atom is 0.127 e. The summed E-state index contributed by atoms with van der Waals surface area (Å²) in [5.74, 6) is 1.95. The molecule has 0 saturated carbocycles. The Morgan fingerprint density at radius 1 is 1.40 bits per heavy atom. The van der Waals surface area contributed by atoms with Gasteiger partial charge in [-0.3, -0.25) is 4.90 Å². The lowest BCUT2D eigenvalue weighted by molar-refractivity contribution is 0.136. The van der Waals surface area contributed by atoms with E-state index in [9.17, 15) is 0 Å². The molecule has 0 radical (unpaired) electrons. The Bertz CT molecular complexity index is 484. The van der Waals surface area contributed by atoms with Crippen molar-refractivity contribution in [3.63, 3.8) is 0 Å². The van der Waals surface area contributed by atoms with Crippen LogP contribution in [0, 0.1) is 5.92 Å². The Morgan fingerprint density at radius 3 is 3.05 bits per heavy atom. The third kappa shape index (κ3) is 2.84. The fraction of sp³-hybridized carbons (Fsp3) is 0.647. The van der Waals surface area contributed by atoms with Crippen molar-refractivity contribution in [2.45, 2.75) is 38.8 Å². The van der Waals surface area contributed by atoms with E-state index in [1.54, 1.807) is 0 Å². The van der Waals surface area contributed by atoms with Gasteiger partial charge in [0.15, 0.2) is 0 Å². The minimum Gasteiger partial charge on any atom is -0.487 e. The molecule has 1 N–H and O–H groups in total. The van der Waals surface area contributed by atoms with Crippen molar-refractivity contribution in [1.29, 1.82) is 0 Å². The summed E-state index contributed by atoms with van der Waals surface area (Å²) in [6, 6.07) is 6.62.